The summed E-state index contributed by atoms with van der Waals surface area (Å²) < 4.78 is 0. The standard InChI is InChI=1S/C16H25NS/c1-14-8-10-15(11-9-14)17(2)12-13-18-16-6-4-3-5-7-16/h3-7,14-15H,8-13H2,1-2H3. The molecule has 0 N–H and O–H groups in total. The molecule has 1 aliphatic carbocycles. The van der Waals surface area contributed by atoms with Crippen LogP contribution in [0.1, 0.15) is 32.6 Å². The molecule has 1 aromatic carbocycles. The fraction of sp³-hybridized carbons (Fsp3) is 0.625. The molecule has 18 heavy (non-hydrogen) atoms. The molecule has 100 valence electrons. The first-order valence-electron chi connectivity index (χ1n) is 7.14. The average Bonchev–Trinajstić information content (AvgIpc) is 2.40. The van der Waals surface area contributed by atoms with Crippen molar-refractivity contribution >= 4 is 11.8 Å². The molecule has 0 amide bonds. The molecule has 0 heterocycles. The zero-order valence-electron chi connectivity index (χ0n) is 11.6. The van der Waals surface area contributed by atoms with E-state index >= 15 is 0 Å². The van der Waals surface area contributed by atoms with E-state index in [1.807, 2.05) is 11.8 Å². The fourth-order valence-electron chi connectivity index (χ4n) is 2.69. The Hall–Kier alpha value is -0.470. The summed E-state index contributed by atoms with van der Waals surface area (Å²) in [5, 5.41) is 0. The third kappa shape index (κ3) is 4.33. The maximum atomic E-state index is 2.57. The predicted molar refractivity (Wildman–Crippen MR) is 81.2 cm³/mol. The second-order valence-corrected chi connectivity index (χ2v) is 6.72. The van der Waals surface area contributed by atoms with Gasteiger partial charge in [0.25, 0.3) is 0 Å². The van der Waals surface area contributed by atoms with Gasteiger partial charge in [0.1, 0.15) is 0 Å². The summed E-state index contributed by atoms with van der Waals surface area (Å²) >= 11 is 1.97. The number of rotatable bonds is 5. The largest absolute Gasteiger partial charge is 0.303 e. The van der Waals surface area contributed by atoms with Gasteiger partial charge in [-0.3, -0.25) is 0 Å². The first kappa shape index (κ1) is 14.0. The Bertz CT molecular complexity index is 330. The molecular weight excluding hydrogens is 238 g/mol. The van der Waals surface area contributed by atoms with Crippen LogP contribution in [0.15, 0.2) is 35.2 Å². The SMILES string of the molecule is CC1CCC(N(C)CCSc2ccccc2)CC1. The number of hydrogen-bond acceptors (Lipinski definition) is 2. The van der Waals surface area contributed by atoms with Gasteiger partial charge in [0.2, 0.25) is 0 Å². The topological polar surface area (TPSA) is 3.24 Å². The maximum Gasteiger partial charge on any atom is 0.0108 e. The highest BCUT2D eigenvalue weighted by atomic mass is 32.2. The van der Waals surface area contributed by atoms with Crippen molar-refractivity contribution in [3.05, 3.63) is 30.3 Å². The van der Waals surface area contributed by atoms with E-state index in [4.69, 9.17) is 0 Å². The van der Waals surface area contributed by atoms with Gasteiger partial charge in [-0.25, -0.2) is 0 Å². The van der Waals surface area contributed by atoms with Crippen LogP contribution in [0, 0.1) is 5.92 Å². The molecule has 0 bridgehead atoms. The van der Waals surface area contributed by atoms with Crippen LogP contribution in [-0.2, 0) is 0 Å². The molecule has 1 saturated carbocycles. The lowest BCUT2D eigenvalue weighted by Crippen LogP contribution is -2.36. The van der Waals surface area contributed by atoms with E-state index in [1.165, 1.54) is 42.9 Å². The molecule has 0 unspecified atom stereocenters. The van der Waals surface area contributed by atoms with Gasteiger partial charge in [-0.05, 0) is 50.8 Å². The molecule has 1 aliphatic rings. The van der Waals surface area contributed by atoms with Crippen LogP contribution in [0.25, 0.3) is 0 Å². The summed E-state index contributed by atoms with van der Waals surface area (Å²) in [6.07, 6.45) is 5.63. The minimum atomic E-state index is 0.831. The van der Waals surface area contributed by atoms with Crippen LogP contribution < -0.4 is 0 Å². The second-order valence-electron chi connectivity index (χ2n) is 5.56. The summed E-state index contributed by atoms with van der Waals surface area (Å²) in [6.45, 7) is 3.60. The van der Waals surface area contributed by atoms with E-state index < -0.39 is 0 Å². The highest BCUT2D eigenvalue weighted by Gasteiger charge is 2.21. The minimum Gasteiger partial charge on any atom is -0.303 e. The van der Waals surface area contributed by atoms with E-state index in [1.54, 1.807) is 0 Å². The van der Waals surface area contributed by atoms with E-state index in [-0.39, 0.29) is 0 Å². The molecule has 1 aromatic rings. The van der Waals surface area contributed by atoms with Crippen molar-refractivity contribution in [1.29, 1.82) is 0 Å². The lowest BCUT2D eigenvalue weighted by Gasteiger charge is -2.33. The highest BCUT2D eigenvalue weighted by molar-refractivity contribution is 7.99. The zero-order valence-corrected chi connectivity index (χ0v) is 12.5. The van der Waals surface area contributed by atoms with E-state index in [0.29, 0.717) is 0 Å². The Labute approximate surface area is 116 Å². The van der Waals surface area contributed by atoms with Gasteiger partial charge in [-0.2, -0.15) is 0 Å². The maximum absolute atomic E-state index is 2.57. The Morgan fingerprint density at radius 2 is 1.78 bits per heavy atom. The lowest BCUT2D eigenvalue weighted by molar-refractivity contribution is 0.178. The predicted octanol–water partition coefficient (Wildman–Crippen LogP) is 4.29. The molecule has 1 nitrogen and oxygen atoms in total. The smallest absolute Gasteiger partial charge is 0.0108 e. The first-order valence-corrected chi connectivity index (χ1v) is 8.12. The highest BCUT2D eigenvalue weighted by Crippen LogP contribution is 2.26. The number of thioether (sulfide) groups is 1. The third-order valence-corrected chi connectivity index (χ3v) is 5.06. The number of benzene rings is 1. The number of nitrogens with zero attached hydrogens (tertiary/aromatic N) is 1. The molecule has 0 radical (unpaired) electrons. The van der Waals surface area contributed by atoms with Crippen LogP contribution in [0.2, 0.25) is 0 Å². The zero-order chi connectivity index (χ0) is 12.8. The molecular formula is C16H25NS. The minimum absolute atomic E-state index is 0.831. The lowest BCUT2D eigenvalue weighted by atomic mass is 9.87. The van der Waals surface area contributed by atoms with Crippen LogP contribution in [0.3, 0.4) is 0 Å². The van der Waals surface area contributed by atoms with Gasteiger partial charge in [-0.1, -0.05) is 25.1 Å². The van der Waals surface area contributed by atoms with Gasteiger partial charge in [-0.15, -0.1) is 11.8 Å². The van der Waals surface area contributed by atoms with Crippen molar-refractivity contribution in [2.45, 2.75) is 43.5 Å². The molecule has 0 atom stereocenters. The van der Waals surface area contributed by atoms with Gasteiger partial charge in [0.15, 0.2) is 0 Å². The van der Waals surface area contributed by atoms with E-state index in [0.717, 1.165) is 12.0 Å². The summed E-state index contributed by atoms with van der Waals surface area (Å²) in [4.78, 5) is 3.96. The number of hydrogen-bond donors (Lipinski definition) is 0. The van der Waals surface area contributed by atoms with Crippen molar-refractivity contribution < 1.29 is 0 Å². The van der Waals surface area contributed by atoms with Gasteiger partial charge >= 0.3 is 0 Å². The molecule has 0 aliphatic heterocycles. The van der Waals surface area contributed by atoms with Crippen LogP contribution in [-0.4, -0.2) is 30.3 Å². The Morgan fingerprint density at radius 3 is 2.44 bits per heavy atom. The van der Waals surface area contributed by atoms with Crippen molar-refractivity contribution in [3.8, 4) is 0 Å². The first-order chi connectivity index (χ1) is 8.75. The fourth-order valence-corrected chi connectivity index (χ4v) is 3.65. The summed E-state index contributed by atoms with van der Waals surface area (Å²) in [5.41, 5.74) is 0. The van der Waals surface area contributed by atoms with E-state index in [9.17, 15) is 0 Å². The molecule has 0 aromatic heterocycles. The van der Waals surface area contributed by atoms with E-state index in [2.05, 4.69) is 49.2 Å². The van der Waals surface area contributed by atoms with Crippen molar-refractivity contribution in [3.63, 3.8) is 0 Å². The monoisotopic (exact) mass is 263 g/mol. The summed E-state index contributed by atoms with van der Waals surface area (Å²) in [7, 11) is 2.30. The van der Waals surface area contributed by atoms with Crippen LogP contribution in [0.4, 0.5) is 0 Å². The van der Waals surface area contributed by atoms with Crippen LogP contribution in [0.5, 0.6) is 0 Å². The molecule has 2 heteroatoms. The quantitative estimate of drug-likeness (QED) is 0.729. The second kappa shape index (κ2) is 7.20. The van der Waals surface area contributed by atoms with Crippen molar-refractivity contribution in [2.75, 3.05) is 19.3 Å². The van der Waals surface area contributed by atoms with Crippen molar-refractivity contribution in [1.82, 2.24) is 4.90 Å². The van der Waals surface area contributed by atoms with Gasteiger partial charge < -0.3 is 4.90 Å². The van der Waals surface area contributed by atoms with Gasteiger partial charge in [0.05, 0.1) is 0 Å². The van der Waals surface area contributed by atoms with Gasteiger partial charge in [0, 0.05) is 23.2 Å². The Morgan fingerprint density at radius 1 is 1.11 bits per heavy atom. The average molecular weight is 263 g/mol. The molecule has 0 spiro atoms. The third-order valence-electron chi connectivity index (χ3n) is 4.06. The Kier molecular flexibility index (Phi) is 5.58. The molecule has 2 rings (SSSR count). The molecule has 0 saturated heterocycles. The van der Waals surface area contributed by atoms with Crippen molar-refractivity contribution in [2.24, 2.45) is 5.92 Å². The Balaban J connectivity index is 1.67. The van der Waals surface area contributed by atoms with Crippen LogP contribution >= 0.6 is 11.8 Å². The normalized spacial score (nSPS) is 24.4. The summed E-state index contributed by atoms with van der Waals surface area (Å²) in [6, 6.07) is 11.6. The summed E-state index contributed by atoms with van der Waals surface area (Å²) in [5.74, 6) is 2.15. The molecule has 1 fully saturated rings.